The monoisotopic (exact) mass is 406 g/mol. The molecule has 1 aromatic carbocycles. The maximum Gasteiger partial charge on any atom is 0.407 e. The smallest absolute Gasteiger partial charge is 0.407 e. The Morgan fingerprint density at radius 3 is 2.62 bits per heavy atom. The van der Waals surface area contributed by atoms with Crippen molar-refractivity contribution in [1.82, 2.24) is 9.80 Å². The molecule has 1 spiro atoms. The minimum atomic E-state index is -0.870. The molecule has 0 aliphatic carbocycles. The Morgan fingerprint density at radius 1 is 1.21 bits per heavy atom. The van der Waals surface area contributed by atoms with E-state index in [1.54, 1.807) is 12.1 Å². The Hall–Kier alpha value is -1.90. The summed E-state index contributed by atoms with van der Waals surface area (Å²) in [5, 5.41) is 9.06. The zero-order valence-electron chi connectivity index (χ0n) is 16.4. The number of nitrogens with zero attached hydrogens (tertiary/aromatic N) is 2. The molecule has 4 aliphatic rings. The highest BCUT2D eigenvalue weighted by Crippen LogP contribution is 2.40. The second kappa shape index (κ2) is 7.41. The third-order valence-electron chi connectivity index (χ3n) is 6.78. The molecule has 158 valence electrons. The fraction of sp³-hybridized carbons (Fsp3) is 0.667. The van der Waals surface area contributed by atoms with Gasteiger partial charge in [-0.3, -0.25) is 4.90 Å². The first-order chi connectivity index (χ1) is 14.0. The molecule has 1 amide bonds. The molecule has 4 aliphatic heterocycles. The first kappa shape index (κ1) is 19.1. The summed E-state index contributed by atoms with van der Waals surface area (Å²) in [6.45, 7) is 4.66. The summed E-state index contributed by atoms with van der Waals surface area (Å²) >= 11 is 0. The van der Waals surface area contributed by atoms with Crippen molar-refractivity contribution < 1.29 is 28.5 Å². The fourth-order valence-corrected chi connectivity index (χ4v) is 5.04. The highest BCUT2D eigenvalue weighted by Gasteiger charge is 2.52. The van der Waals surface area contributed by atoms with Crippen LogP contribution in [0.5, 0.6) is 5.75 Å². The molecule has 8 heteroatoms. The Bertz CT molecular complexity index is 772. The van der Waals surface area contributed by atoms with Gasteiger partial charge < -0.3 is 24.2 Å². The van der Waals surface area contributed by atoms with Crippen LogP contribution in [-0.4, -0.2) is 84.7 Å². The predicted octanol–water partition coefficient (Wildman–Crippen LogP) is 2.30. The second-order valence-electron chi connectivity index (χ2n) is 8.76. The maximum atomic E-state index is 13.9. The van der Waals surface area contributed by atoms with Gasteiger partial charge in [-0.2, -0.15) is 0 Å². The van der Waals surface area contributed by atoms with Gasteiger partial charge in [-0.05, 0) is 56.5 Å². The van der Waals surface area contributed by atoms with Crippen molar-refractivity contribution in [2.45, 2.75) is 42.9 Å². The Labute approximate surface area is 169 Å². The molecule has 1 aromatic rings. The number of carboxylic acid groups (broad SMARTS) is 1. The van der Waals surface area contributed by atoms with Crippen LogP contribution in [0, 0.1) is 5.82 Å². The van der Waals surface area contributed by atoms with Gasteiger partial charge in [-0.25, -0.2) is 9.18 Å². The van der Waals surface area contributed by atoms with E-state index in [2.05, 4.69) is 4.90 Å². The summed E-state index contributed by atoms with van der Waals surface area (Å²) in [5.74, 6) is 0.837. The first-order valence-electron chi connectivity index (χ1n) is 10.4. The van der Waals surface area contributed by atoms with E-state index in [9.17, 15) is 9.18 Å². The molecule has 4 saturated heterocycles. The predicted molar refractivity (Wildman–Crippen MR) is 102 cm³/mol. The van der Waals surface area contributed by atoms with Gasteiger partial charge in [0.05, 0.1) is 32.9 Å². The molecule has 1 N–H and O–H groups in total. The van der Waals surface area contributed by atoms with Gasteiger partial charge in [0.2, 0.25) is 0 Å². The van der Waals surface area contributed by atoms with Gasteiger partial charge in [-0.1, -0.05) is 0 Å². The molecule has 0 aromatic heterocycles. The van der Waals surface area contributed by atoms with Crippen molar-refractivity contribution in [1.29, 1.82) is 0 Å². The largest absolute Gasteiger partial charge is 0.485 e. The lowest BCUT2D eigenvalue weighted by molar-refractivity contribution is -0.0982. The number of hydrogen-bond donors (Lipinski definition) is 1. The summed E-state index contributed by atoms with van der Waals surface area (Å²) < 4.78 is 31.1. The normalized spacial score (nSPS) is 27.6. The van der Waals surface area contributed by atoms with Crippen LogP contribution < -0.4 is 4.74 Å². The number of carbonyl (C=O) groups is 1. The van der Waals surface area contributed by atoms with Crippen LogP contribution in [0.2, 0.25) is 0 Å². The van der Waals surface area contributed by atoms with E-state index in [0.29, 0.717) is 39.0 Å². The van der Waals surface area contributed by atoms with Crippen molar-refractivity contribution in [3.63, 3.8) is 0 Å². The van der Waals surface area contributed by atoms with Crippen LogP contribution in [0.15, 0.2) is 18.2 Å². The number of benzene rings is 1. The Balaban J connectivity index is 1.18. The minimum absolute atomic E-state index is 0.0685. The van der Waals surface area contributed by atoms with Crippen LogP contribution in [0.25, 0.3) is 0 Å². The molecule has 5 rings (SSSR count). The molecule has 0 saturated carbocycles. The number of amides is 1. The van der Waals surface area contributed by atoms with Crippen molar-refractivity contribution in [2.24, 2.45) is 0 Å². The minimum Gasteiger partial charge on any atom is -0.485 e. The van der Waals surface area contributed by atoms with Crippen LogP contribution in [0.4, 0.5) is 9.18 Å². The van der Waals surface area contributed by atoms with Gasteiger partial charge in [0.1, 0.15) is 23.3 Å². The van der Waals surface area contributed by atoms with Crippen molar-refractivity contribution in [3.05, 3.63) is 29.6 Å². The Morgan fingerprint density at radius 2 is 1.97 bits per heavy atom. The summed E-state index contributed by atoms with van der Waals surface area (Å²) in [6.07, 6.45) is 1.98. The number of piperidine rings is 1. The molecule has 4 heterocycles. The summed E-state index contributed by atoms with van der Waals surface area (Å²) in [5.41, 5.74) is 0.681. The SMILES string of the molecule is O=C(O)N1CC2(CC(N3CCC(c4cc(F)ccc4OC4COC4)CC3)CO2)C1. The molecule has 0 radical (unpaired) electrons. The summed E-state index contributed by atoms with van der Waals surface area (Å²) in [7, 11) is 0. The lowest BCUT2D eigenvalue weighted by atomic mass is 9.86. The number of ether oxygens (including phenoxy) is 3. The third-order valence-corrected chi connectivity index (χ3v) is 6.78. The molecule has 1 unspecified atom stereocenters. The number of likely N-dealkylation sites (tertiary alicyclic amines) is 2. The molecular formula is C21H27FN2O5. The first-order valence-corrected chi connectivity index (χ1v) is 10.4. The highest BCUT2D eigenvalue weighted by molar-refractivity contribution is 5.66. The lowest BCUT2D eigenvalue weighted by Crippen LogP contribution is -2.63. The molecule has 7 nitrogen and oxygen atoms in total. The van der Waals surface area contributed by atoms with E-state index in [1.165, 1.54) is 11.0 Å². The quantitative estimate of drug-likeness (QED) is 0.828. The average Bonchev–Trinajstić information content (AvgIpc) is 3.10. The number of rotatable bonds is 4. The van der Waals surface area contributed by atoms with Crippen molar-refractivity contribution >= 4 is 6.09 Å². The fourth-order valence-electron chi connectivity index (χ4n) is 5.04. The van der Waals surface area contributed by atoms with E-state index >= 15 is 0 Å². The Kier molecular flexibility index (Phi) is 4.88. The standard InChI is InChI=1S/C21H27FN2O5/c22-15-1-2-19(29-17-10-27-11-17)18(7-15)14-3-5-23(6-4-14)16-8-21(28-9-16)12-24(13-21)20(25)26/h1-2,7,14,16-17H,3-6,8-13H2,(H,25,26). The molecule has 29 heavy (non-hydrogen) atoms. The third kappa shape index (κ3) is 3.69. The van der Waals surface area contributed by atoms with Crippen LogP contribution in [-0.2, 0) is 9.47 Å². The lowest BCUT2D eigenvalue weighted by Gasteiger charge is -2.45. The molecule has 1 atom stereocenters. The van der Waals surface area contributed by atoms with Gasteiger partial charge in [0, 0.05) is 11.6 Å². The van der Waals surface area contributed by atoms with Crippen LogP contribution in [0.1, 0.15) is 30.7 Å². The zero-order valence-corrected chi connectivity index (χ0v) is 16.4. The maximum absolute atomic E-state index is 13.9. The van der Waals surface area contributed by atoms with Crippen molar-refractivity contribution in [3.8, 4) is 5.75 Å². The second-order valence-corrected chi connectivity index (χ2v) is 8.76. The van der Waals surface area contributed by atoms with Gasteiger partial charge in [0.15, 0.2) is 0 Å². The van der Waals surface area contributed by atoms with E-state index < -0.39 is 6.09 Å². The summed E-state index contributed by atoms with van der Waals surface area (Å²) in [4.78, 5) is 14.9. The van der Waals surface area contributed by atoms with Gasteiger partial charge in [0.25, 0.3) is 0 Å². The van der Waals surface area contributed by atoms with E-state index in [1.807, 2.05) is 0 Å². The average molecular weight is 406 g/mol. The number of hydrogen-bond acceptors (Lipinski definition) is 5. The van der Waals surface area contributed by atoms with Gasteiger partial charge >= 0.3 is 6.09 Å². The van der Waals surface area contributed by atoms with E-state index in [-0.39, 0.29) is 23.4 Å². The van der Waals surface area contributed by atoms with Crippen LogP contribution >= 0.6 is 0 Å². The zero-order chi connectivity index (χ0) is 20.0. The van der Waals surface area contributed by atoms with Crippen molar-refractivity contribution in [2.75, 3.05) is 46.0 Å². The number of halogens is 1. The molecule has 4 fully saturated rings. The topological polar surface area (TPSA) is 71.5 Å². The van der Waals surface area contributed by atoms with E-state index in [4.69, 9.17) is 19.3 Å². The summed E-state index contributed by atoms with van der Waals surface area (Å²) in [6, 6.07) is 5.16. The van der Waals surface area contributed by atoms with E-state index in [0.717, 1.165) is 43.7 Å². The van der Waals surface area contributed by atoms with Crippen LogP contribution in [0.3, 0.4) is 0 Å². The highest BCUT2D eigenvalue weighted by atomic mass is 19.1. The van der Waals surface area contributed by atoms with Gasteiger partial charge in [-0.15, -0.1) is 0 Å². The molecule has 0 bridgehead atoms. The molecular weight excluding hydrogens is 379 g/mol.